The Kier molecular flexibility index (Phi) is 8.12. The minimum absolute atomic E-state index is 0.599. The summed E-state index contributed by atoms with van der Waals surface area (Å²) < 4.78 is 10.6. The smallest absolute Gasteiger partial charge is 0.160 e. The molecule has 1 aromatic carbocycles. The molecular weight excluding hydrogens is 250 g/mol. The predicted octanol–water partition coefficient (Wildman–Crippen LogP) is 3.80. The average molecular weight is 279 g/mol. The fourth-order valence-electron chi connectivity index (χ4n) is 2.30. The van der Waals surface area contributed by atoms with Crippen molar-refractivity contribution in [1.29, 1.82) is 0 Å². The summed E-state index contributed by atoms with van der Waals surface area (Å²) in [6.07, 6.45) is 6.22. The lowest BCUT2D eigenvalue weighted by Crippen LogP contribution is -2.28. The second-order valence-electron chi connectivity index (χ2n) is 5.29. The molecule has 0 amide bonds. The number of nitrogens with one attached hydrogen (secondary N) is 1. The van der Waals surface area contributed by atoms with Crippen molar-refractivity contribution in [2.24, 2.45) is 0 Å². The number of hydrogen-bond donors (Lipinski definition) is 1. The van der Waals surface area contributed by atoms with Crippen LogP contribution < -0.4 is 14.8 Å². The molecule has 3 nitrogen and oxygen atoms in total. The lowest BCUT2D eigenvalue weighted by atomic mass is 10.1. The molecule has 1 atom stereocenters. The largest absolute Gasteiger partial charge is 0.493 e. The van der Waals surface area contributed by atoms with Gasteiger partial charge in [-0.05, 0) is 44.0 Å². The molecule has 0 aliphatic heterocycles. The van der Waals surface area contributed by atoms with Gasteiger partial charge in [-0.25, -0.2) is 0 Å². The van der Waals surface area contributed by atoms with Crippen molar-refractivity contribution in [3.8, 4) is 11.5 Å². The van der Waals surface area contributed by atoms with Crippen LogP contribution in [0.5, 0.6) is 11.5 Å². The number of rotatable bonds is 10. The summed E-state index contributed by atoms with van der Waals surface area (Å²) in [5, 5.41) is 3.58. The fourth-order valence-corrected chi connectivity index (χ4v) is 2.30. The normalized spacial score (nSPS) is 12.2. The molecule has 0 aliphatic rings. The Morgan fingerprint density at radius 1 is 1.10 bits per heavy atom. The Labute approximate surface area is 123 Å². The first-order chi connectivity index (χ1) is 9.71. The van der Waals surface area contributed by atoms with E-state index in [1.54, 1.807) is 14.2 Å². The van der Waals surface area contributed by atoms with Crippen LogP contribution in [0.2, 0.25) is 0 Å². The van der Waals surface area contributed by atoms with Gasteiger partial charge < -0.3 is 14.8 Å². The maximum Gasteiger partial charge on any atom is 0.160 e. The lowest BCUT2D eigenvalue weighted by molar-refractivity contribution is 0.354. The summed E-state index contributed by atoms with van der Waals surface area (Å²) >= 11 is 0. The molecule has 0 radical (unpaired) electrons. The van der Waals surface area contributed by atoms with Crippen LogP contribution in [0, 0.1) is 0 Å². The summed E-state index contributed by atoms with van der Waals surface area (Å²) in [5.41, 5.74) is 1.27. The minimum atomic E-state index is 0.599. The van der Waals surface area contributed by atoms with Gasteiger partial charge in [-0.15, -0.1) is 0 Å². The highest BCUT2D eigenvalue weighted by Crippen LogP contribution is 2.27. The molecular formula is C17H29NO2. The van der Waals surface area contributed by atoms with Gasteiger partial charge in [0.05, 0.1) is 14.2 Å². The molecule has 3 heteroatoms. The standard InChI is InChI=1S/C17H29NO2/c1-5-6-7-8-14(2)18-12-11-15-9-10-16(19-3)17(13-15)20-4/h9-10,13-14,18H,5-8,11-12H2,1-4H3. The summed E-state index contributed by atoms with van der Waals surface area (Å²) in [4.78, 5) is 0. The molecule has 1 N–H and O–H groups in total. The minimum Gasteiger partial charge on any atom is -0.493 e. The highest BCUT2D eigenvalue weighted by Gasteiger charge is 2.05. The van der Waals surface area contributed by atoms with E-state index >= 15 is 0 Å². The molecule has 0 aliphatic carbocycles. The quantitative estimate of drug-likeness (QED) is 0.661. The first kappa shape index (κ1) is 16.8. The van der Waals surface area contributed by atoms with E-state index in [1.807, 2.05) is 6.07 Å². The summed E-state index contributed by atoms with van der Waals surface area (Å²) in [6.45, 7) is 5.52. The Morgan fingerprint density at radius 3 is 2.50 bits per heavy atom. The number of ether oxygens (including phenoxy) is 2. The summed E-state index contributed by atoms with van der Waals surface area (Å²) in [7, 11) is 3.34. The topological polar surface area (TPSA) is 30.5 Å². The molecule has 0 bridgehead atoms. The second kappa shape index (κ2) is 9.65. The van der Waals surface area contributed by atoms with Crippen LogP contribution in [0.15, 0.2) is 18.2 Å². The van der Waals surface area contributed by atoms with Crippen molar-refractivity contribution in [1.82, 2.24) is 5.32 Å². The molecule has 114 valence electrons. The van der Waals surface area contributed by atoms with E-state index in [9.17, 15) is 0 Å². The number of hydrogen-bond acceptors (Lipinski definition) is 3. The maximum absolute atomic E-state index is 5.32. The molecule has 1 aromatic rings. The van der Waals surface area contributed by atoms with E-state index in [2.05, 4.69) is 31.3 Å². The van der Waals surface area contributed by atoms with Gasteiger partial charge in [0, 0.05) is 6.04 Å². The zero-order chi connectivity index (χ0) is 14.8. The first-order valence-electron chi connectivity index (χ1n) is 7.65. The molecule has 0 fully saturated rings. The monoisotopic (exact) mass is 279 g/mol. The van der Waals surface area contributed by atoms with E-state index in [0.717, 1.165) is 24.5 Å². The fraction of sp³-hybridized carbons (Fsp3) is 0.647. The van der Waals surface area contributed by atoms with Crippen LogP contribution in [0.25, 0.3) is 0 Å². The van der Waals surface area contributed by atoms with E-state index < -0.39 is 0 Å². The van der Waals surface area contributed by atoms with E-state index in [1.165, 1.54) is 31.2 Å². The average Bonchev–Trinajstić information content (AvgIpc) is 2.47. The van der Waals surface area contributed by atoms with Crippen molar-refractivity contribution in [2.45, 2.75) is 52.0 Å². The summed E-state index contributed by atoms with van der Waals surface area (Å²) in [6, 6.07) is 6.73. The van der Waals surface area contributed by atoms with Gasteiger partial charge >= 0.3 is 0 Å². The Morgan fingerprint density at radius 2 is 1.85 bits per heavy atom. The van der Waals surface area contributed by atoms with Crippen molar-refractivity contribution in [2.75, 3.05) is 20.8 Å². The SMILES string of the molecule is CCCCCC(C)NCCc1ccc(OC)c(OC)c1. The lowest BCUT2D eigenvalue weighted by Gasteiger charge is -2.14. The van der Waals surface area contributed by atoms with Crippen molar-refractivity contribution in [3.63, 3.8) is 0 Å². The van der Waals surface area contributed by atoms with Crippen LogP contribution in [-0.4, -0.2) is 26.8 Å². The predicted molar refractivity (Wildman–Crippen MR) is 84.9 cm³/mol. The maximum atomic E-state index is 5.32. The van der Waals surface area contributed by atoms with Gasteiger partial charge in [0.2, 0.25) is 0 Å². The molecule has 0 heterocycles. The van der Waals surface area contributed by atoms with Crippen LogP contribution in [0.1, 0.15) is 45.1 Å². The van der Waals surface area contributed by atoms with Gasteiger partial charge in [-0.2, -0.15) is 0 Å². The van der Waals surface area contributed by atoms with Gasteiger partial charge in [0.15, 0.2) is 11.5 Å². The number of unbranched alkanes of at least 4 members (excludes halogenated alkanes) is 2. The summed E-state index contributed by atoms with van der Waals surface area (Å²) in [5.74, 6) is 1.60. The molecule has 0 saturated heterocycles. The van der Waals surface area contributed by atoms with Gasteiger partial charge in [0.1, 0.15) is 0 Å². The van der Waals surface area contributed by atoms with Crippen LogP contribution in [-0.2, 0) is 6.42 Å². The Hall–Kier alpha value is -1.22. The van der Waals surface area contributed by atoms with Gasteiger partial charge in [-0.1, -0.05) is 32.3 Å². The Bertz CT molecular complexity index is 379. The van der Waals surface area contributed by atoms with Crippen LogP contribution in [0.4, 0.5) is 0 Å². The molecule has 1 rings (SSSR count). The van der Waals surface area contributed by atoms with Crippen LogP contribution in [0.3, 0.4) is 0 Å². The highest BCUT2D eigenvalue weighted by atomic mass is 16.5. The Balaban J connectivity index is 2.34. The first-order valence-corrected chi connectivity index (χ1v) is 7.65. The zero-order valence-electron chi connectivity index (χ0n) is 13.4. The number of methoxy groups -OCH3 is 2. The molecule has 1 unspecified atom stereocenters. The van der Waals surface area contributed by atoms with E-state index in [0.29, 0.717) is 6.04 Å². The highest BCUT2D eigenvalue weighted by molar-refractivity contribution is 5.42. The zero-order valence-corrected chi connectivity index (χ0v) is 13.4. The van der Waals surface area contributed by atoms with Crippen molar-refractivity contribution >= 4 is 0 Å². The third kappa shape index (κ3) is 5.83. The molecule has 0 aromatic heterocycles. The second-order valence-corrected chi connectivity index (χ2v) is 5.29. The third-order valence-electron chi connectivity index (χ3n) is 3.60. The van der Waals surface area contributed by atoms with Crippen molar-refractivity contribution < 1.29 is 9.47 Å². The molecule has 0 spiro atoms. The van der Waals surface area contributed by atoms with Gasteiger partial charge in [0.25, 0.3) is 0 Å². The molecule has 20 heavy (non-hydrogen) atoms. The third-order valence-corrected chi connectivity index (χ3v) is 3.60. The van der Waals surface area contributed by atoms with Crippen molar-refractivity contribution in [3.05, 3.63) is 23.8 Å². The number of benzene rings is 1. The van der Waals surface area contributed by atoms with E-state index in [4.69, 9.17) is 9.47 Å². The van der Waals surface area contributed by atoms with Crippen LogP contribution >= 0.6 is 0 Å². The molecule has 0 saturated carbocycles. The van der Waals surface area contributed by atoms with Gasteiger partial charge in [-0.3, -0.25) is 0 Å². The van der Waals surface area contributed by atoms with E-state index in [-0.39, 0.29) is 0 Å².